The molecule has 92 valence electrons. The van der Waals surface area contributed by atoms with Crippen LogP contribution in [0.25, 0.3) is 10.2 Å². The van der Waals surface area contributed by atoms with Crippen LogP contribution in [0.2, 0.25) is 0 Å². The van der Waals surface area contributed by atoms with Crippen molar-refractivity contribution in [2.24, 2.45) is 11.1 Å². The first-order chi connectivity index (χ1) is 7.86. The van der Waals surface area contributed by atoms with Gasteiger partial charge in [0.25, 0.3) is 0 Å². The highest BCUT2D eigenvalue weighted by molar-refractivity contribution is 7.18. The van der Waals surface area contributed by atoms with Gasteiger partial charge >= 0.3 is 0 Å². The Bertz CT molecular complexity index is 528. The number of fused-ring (bicyclic) bond motifs is 1. The topological polar surface area (TPSA) is 38.9 Å². The number of thiazole rings is 1. The van der Waals surface area contributed by atoms with Crippen molar-refractivity contribution in [3.05, 3.63) is 29.0 Å². The van der Waals surface area contributed by atoms with Gasteiger partial charge < -0.3 is 5.73 Å². The van der Waals surface area contributed by atoms with E-state index in [4.69, 9.17) is 5.73 Å². The maximum Gasteiger partial charge on any atom is 0.125 e. The lowest BCUT2D eigenvalue weighted by atomic mass is 9.86. The molecule has 4 heteroatoms. The summed E-state index contributed by atoms with van der Waals surface area (Å²) in [7, 11) is 0. The van der Waals surface area contributed by atoms with E-state index in [1.54, 1.807) is 17.4 Å². The molecule has 2 nitrogen and oxygen atoms in total. The number of benzene rings is 1. The molecule has 0 bridgehead atoms. The minimum atomic E-state index is -0.241. The summed E-state index contributed by atoms with van der Waals surface area (Å²) in [4.78, 5) is 4.43. The molecule has 0 amide bonds. The molecule has 0 aliphatic rings. The Hall–Kier alpha value is -1.00. The van der Waals surface area contributed by atoms with Crippen LogP contribution in [-0.4, -0.2) is 11.0 Å². The molecule has 2 rings (SSSR count). The van der Waals surface area contributed by atoms with Gasteiger partial charge in [-0.2, -0.15) is 0 Å². The van der Waals surface area contributed by atoms with Crippen molar-refractivity contribution in [1.29, 1.82) is 0 Å². The van der Waals surface area contributed by atoms with Gasteiger partial charge in [0.2, 0.25) is 0 Å². The van der Waals surface area contributed by atoms with Gasteiger partial charge in [-0.25, -0.2) is 9.37 Å². The van der Waals surface area contributed by atoms with Crippen molar-refractivity contribution in [2.45, 2.75) is 33.2 Å². The van der Waals surface area contributed by atoms with Crippen LogP contribution < -0.4 is 5.73 Å². The predicted molar refractivity (Wildman–Crippen MR) is 70.7 cm³/mol. The number of hydrogen-bond acceptors (Lipinski definition) is 3. The SMILES string of the molecule is CC(C)(C)C(N)Cc1nc2cc(F)ccc2s1. The van der Waals surface area contributed by atoms with Crippen LogP contribution in [-0.2, 0) is 6.42 Å². The van der Waals surface area contributed by atoms with E-state index in [1.807, 2.05) is 0 Å². The smallest absolute Gasteiger partial charge is 0.125 e. The molecule has 1 heterocycles. The largest absolute Gasteiger partial charge is 0.327 e. The maximum atomic E-state index is 13.0. The van der Waals surface area contributed by atoms with Crippen molar-refractivity contribution < 1.29 is 4.39 Å². The zero-order chi connectivity index (χ0) is 12.6. The van der Waals surface area contributed by atoms with Crippen LogP contribution in [0.15, 0.2) is 18.2 Å². The second kappa shape index (κ2) is 4.35. The zero-order valence-electron chi connectivity index (χ0n) is 10.3. The van der Waals surface area contributed by atoms with Crippen LogP contribution in [0.4, 0.5) is 4.39 Å². The summed E-state index contributed by atoms with van der Waals surface area (Å²) in [6.07, 6.45) is 0.741. The maximum absolute atomic E-state index is 13.0. The Balaban J connectivity index is 2.25. The van der Waals surface area contributed by atoms with Gasteiger partial charge in [-0.1, -0.05) is 20.8 Å². The molecule has 1 atom stereocenters. The average Bonchev–Trinajstić information content (AvgIpc) is 2.57. The van der Waals surface area contributed by atoms with Gasteiger partial charge in [-0.3, -0.25) is 0 Å². The quantitative estimate of drug-likeness (QED) is 0.890. The molecule has 0 aliphatic carbocycles. The Morgan fingerprint density at radius 2 is 2.12 bits per heavy atom. The predicted octanol–water partition coefficient (Wildman–Crippen LogP) is 3.35. The Labute approximate surface area is 105 Å². The molecule has 1 aromatic heterocycles. The molecule has 1 aromatic carbocycles. The molecule has 2 N–H and O–H groups in total. The molecule has 0 spiro atoms. The van der Waals surface area contributed by atoms with Crippen LogP contribution >= 0.6 is 11.3 Å². The fourth-order valence-electron chi connectivity index (χ4n) is 1.53. The van der Waals surface area contributed by atoms with E-state index in [9.17, 15) is 4.39 Å². The summed E-state index contributed by atoms with van der Waals surface area (Å²) < 4.78 is 14.1. The lowest BCUT2D eigenvalue weighted by Gasteiger charge is -2.26. The van der Waals surface area contributed by atoms with Crippen LogP contribution in [0.3, 0.4) is 0 Å². The van der Waals surface area contributed by atoms with Gasteiger partial charge in [0, 0.05) is 18.5 Å². The molecule has 1 unspecified atom stereocenters. The van der Waals surface area contributed by atoms with Crippen molar-refractivity contribution in [3.63, 3.8) is 0 Å². The molecular formula is C13H17FN2S. The summed E-state index contributed by atoms with van der Waals surface area (Å²) in [5.74, 6) is -0.241. The van der Waals surface area contributed by atoms with Gasteiger partial charge in [0.05, 0.1) is 15.2 Å². The highest BCUT2D eigenvalue weighted by Crippen LogP contribution is 2.26. The van der Waals surface area contributed by atoms with E-state index >= 15 is 0 Å². The second-order valence-corrected chi connectivity index (χ2v) is 6.51. The third-order valence-electron chi connectivity index (χ3n) is 2.90. The van der Waals surface area contributed by atoms with Gasteiger partial charge in [0.15, 0.2) is 0 Å². The Kier molecular flexibility index (Phi) is 3.19. The highest BCUT2D eigenvalue weighted by Gasteiger charge is 2.22. The number of nitrogens with two attached hydrogens (primary N) is 1. The number of halogens is 1. The van der Waals surface area contributed by atoms with E-state index in [2.05, 4.69) is 25.8 Å². The molecule has 0 fully saturated rings. The molecule has 2 aromatic rings. The first-order valence-corrected chi connectivity index (χ1v) is 6.48. The summed E-state index contributed by atoms with van der Waals surface area (Å²) in [6.45, 7) is 6.35. The fraction of sp³-hybridized carbons (Fsp3) is 0.462. The van der Waals surface area contributed by atoms with E-state index in [1.165, 1.54) is 12.1 Å². The molecule has 0 radical (unpaired) electrons. The fourth-order valence-corrected chi connectivity index (χ4v) is 2.54. The normalized spacial score (nSPS) is 14.2. The van der Waals surface area contributed by atoms with Gasteiger partial charge in [0.1, 0.15) is 5.82 Å². The van der Waals surface area contributed by atoms with Gasteiger partial charge in [-0.15, -0.1) is 11.3 Å². The minimum absolute atomic E-state index is 0.0586. The van der Waals surface area contributed by atoms with Crippen LogP contribution in [0.5, 0.6) is 0 Å². The Morgan fingerprint density at radius 3 is 2.76 bits per heavy atom. The van der Waals surface area contributed by atoms with Crippen molar-refractivity contribution in [1.82, 2.24) is 4.98 Å². The van der Waals surface area contributed by atoms with Crippen molar-refractivity contribution >= 4 is 21.6 Å². The minimum Gasteiger partial charge on any atom is -0.327 e. The molecule has 0 aliphatic heterocycles. The van der Waals surface area contributed by atoms with E-state index < -0.39 is 0 Å². The Morgan fingerprint density at radius 1 is 1.41 bits per heavy atom. The third kappa shape index (κ3) is 2.82. The molecule has 0 saturated heterocycles. The average molecular weight is 252 g/mol. The van der Waals surface area contributed by atoms with Gasteiger partial charge in [-0.05, 0) is 17.5 Å². The lowest BCUT2D eigenvalue weighted by Crippen LogP contribution is -2.36. The molecule has 0 saturated carbocycles. The first kappa shape index (κ1) is 12.5. The lowest BCUT2D eigenvalue weighted by molar-refractivity contribution is 0.318. The second-order valence-electron chi connectivity index (χ2n) is 5.40. The summed E-state index contributed by atoms with van der Waals surface area (Å²) >= 11 is 1.59. The number of nitrogens with zero attached hydrogens (tertiary/aromatic N) is 1. The number of hydrogen-bond donors (Lipinski definition) is 1. The zero-order valence-corrected chi connectivity index (χ0v) is 11.1. The highest BCUT2D eigenvalue weighted by atomic mass is 32.1. The molecule has 17 heavy (non-hydrogen) atoms. The number of rotatable bonds is 2. The van der Waals surface area contributed by atoms with E-state index in [-0.39, 0.29) is 17.3 Å². The summed E-state index contributed by atoms with van der Waals surface area (Å²) in [5.41, 5.74) is 6.91. The molecular weight excluding hydrogens is 235 g/mol. The van der Waals surface area contributed by atoms with Crippen LogP contribution in [0, 0.1) is 11.2 Å². The van der Waals surface area contributed by atoms with Crippen molar-refractivity contribution in [2.75, 3.05) is 0 Å². The van der Waals surface area contributed by atoms with E-state index in [0.29, 0.717) is 0 Å². The first-order valence-electron chi connectivity index (χ1n) is 5.67. The van der Waals surface area contributed by atoms with E-state index in [0.717, 1.165) is 21.6 Å². The van der Waals surface area contributed by atoms with Crippen molar-refractivity contribution in [3.8, 4) is 0 Å². The number of aromatic nitrogens is 1. The summed E-state index contributed by atoms with van der Waals surface area (Å²) in [5, 5.41) is 0.980. The monoisotopic (exact) mass is 252 g/mol. The standard InChI is InChI=1S/C13H17FN2S/c1-13(2,3)11(15)7-12-16-9-6-8(14)4-5-10(9)17-12/h4-6,11H,7,15H2,1-3H3. The summed E-state index contributed by atoms with van der Waals surface area (Å²) in [6, 6.07) is 4.77. The third-order valence-corrected chi connectivity index (χ3v) is 3.96. The van der Waals surface area contributed by atoms with Crippen LogP contribution in [0.1, 0.15) is 25.8 Å².